The maximum absolute atomic E-state index is 13.8. The summed E-state index contributed by atoms with van der Waals surface area (Å²) in [5, 5.41) is 0. The number of hydrogen-bond acceptors (Lipinski definition) is 2. The molecule has 4 atom stereocenters. The van der Waals surface area contributed by atoms with Gasteiger partial charge in [0.05, 0.1) is 6.61 Å². The van der Waals surface area contributed by atoms with Crippen molar-refractivity contribution in [2.75, 3.05) is 6.61 Å². The molecule has 0 spiro atoms. The van der Waals surface area contributed by atoms with E-state index in [4.69, 9.17) is 4.74 Å². The molecule has 4 unspecified atom stereocenters. The Balaban J connectivity index is 1.80. The first kappa shape index (κ1) is 12.3. The highest BCUT2D eigenvalue weighted by molar-refractivity contribution is 5.79. The molecule has 0 aromatic carbocycles. The van der Waals surface area contributed by atoms with Crippen molar-refractivity contribution in [2.45, 2.75) is 31.9 Å². The third-order valence-electron chi connectivity index (χ3n) is 3.80. The molecule has 0 radical (unpaired) electrons. The smallest absolute Gasteiger partial charge is 0.343 e. The molecule has 2 aliphatic rings. The second kappa shape index (κ2) is 4.63. The molecule has 1 fully saturated rings. The molecule has 3 heteroatoms. The highest BCUT2D eigenvalue weighted by Crippen LogP contribution is 2.43. The van der Waals surface area contributed by atoms with E-state index in [1.165, 1.54) is 19.4 Å². The molecule has 1 saturated carbocycles. The molecule has 2 rings (SSSR count). The van der Waals surface area contributed by atoms with Gasteiger partial charge in [0.2, 0.25) is 5.67 Å². The Morgan fingerprint density at radius 1 is 1.59 bits per heavy atom. The first-order valence-corrected chi connectivity index (χ1v) is 6.18. The highest BCUT2D eigenvalue weighted by atomic mass is 19.1. The first-order chi connectivity index (χ1) is 8.03. The Kier molecular flexibility index (Phi) is 3.36. The average molecular weight is 238 g/mol. The Morgan fingerprint density at radius 3 is 2.88 bits per heavy atom. The number of allylic oxidation sites excluding steroid dienone is 3. The largest absolute Gasteiger partial charge is 0.463 e. The molecule has 2 nitrogen and oxygen atoms in total. The van der Waals surface area contributed by atoms with E-state index in [-0.39, 0.29) is 6.42 Å². The van der Waals surface area contributed by atoms with Gasteiger partial charge in [0.25, 0.3) is 0 Å². The van der Waals surface area contributed by atoms with Gasteiger partial charge in [0.15, 0.2) is 0 Å². The molecule has 0 heterocycles. The van der Waals surface area contributed by atoms with E-state index < -0.39 is 11.6 Å². The minimum absolute atomic E-state index is 0.00244. The average Bonchev–Trinajstić information content (AvgIpc) is 2.87. The third-order valence-corrected chi connectivity index (χ3v) is 3.80. The van der Waals surface area contributed by atoms with Crippen LogP contribution in [0.4, 0.5) is 4.39 Å². The molecule has 0 N–H and O–H groups in total. The van der Waals surface area contributed by atoms with Crippen molar-refractivity contribution in [3.05, 3.63) is 24.8 Å². The topological polar surface area (TPSA) is 26.3 Å². The van der Waals surface area contributed by atoms with E-state index >= 15 is 0 Å². The first-order valence-electron chi connectivity index (χ1n) is 6.18. The van der Waals surface area contributed by atoms with Crippen LogP contribution in [0.3, 0.4) is 0 Å². The Bertz CT molecular complexity index is 346. The Labute approximate surface area is 102 Å². The van der Waals surface area contributed by atoms with Crippen molar-refractivity contribution in [3.8, 4) is 0 Å². The van der Waals surface area contributed by atoms with Gasteiger partial charge in [-0.2, -0.15) is 0 Å². The normalized spacial score (nSPS) is 33.4. The van der Waals surface area contributed by atoms with Crippen LogP contribution >= 0.6 is 0 Å². The molecule has 17 heavy (non-hydrogen) atoms. The zero-order chi connectivity index (χ0) is 12.5. The lowest BCUT2D eigenvalue weighted by molar-refractivity contribution is -0.158. The van der Waals surface area contributed by atoms with Crippen LogP contribution in [0.5, 0.6) is 0 Å². The monoisotopic (exact) mass is 238 g/mol. The summed E-state index contributed by atoms with van der Waals surface area (Å²) in [6, 6.07) is 0. The number of hydrogen-bond donors (Lipinski definition) is 0. The van der Waals surface area contributed by atoms with Crippen LogP contribution < -0.4 is 0 Å². The fourth-order valence-electron chi connectivity index (χ4n) is 2.77. The van der Waals surface area contributed by atoms with Crippen molar-refractivity contribution in [1.82, 2.24) is 0 Å². The van der Waals surface area contributed by atoms with Crippen molar-refractivity contribution in [3.63, 3.8) is 0 Å². The van der Waals surface area contributed by atoms with Crippen molar-refractivity contribution < 1.29 is 13.9 Å². The molecule has 94 valence electrons. The standard InChI is InChI=1S/C14H19FO2/c1-3-6-14(2,15)13(16)17-9-12-8-10-4-5-11(12)7-10/h3-5,10-12H,1,6-9H2,2H3. The zero-order valence-corrected chi connectivity index (χ0v) is 10.2. The molecule has 0 amide bonds. The summed E-state index contributed by atoms with van der Waals surface area (Å²) < 4.78 is 18.9. The van der Waals surface area contributed by atoms with Gasteiger partial charge in [-0.25, -0.2) is 9.18 Å². The minimum atomic E-state index is -1.94. The van der Waals surface area contributed by atoms with Gasteiger partial charge in [-0.15, -0.1) is 6.58 Å². The number of ether oxygens (including phenoxy) is 1. The molecule has 2 bridgehead atoms. The molecule has 0 aliphatic heterocycles. The predicted octanol–water partition coefficient (Wildman–Crippen LogP) is 3.05. The minimum Gasteiger partial charge on any atom is -0.463 e. The molecular weight excluding hydrogens is 219 g/mol. The Morgan fingerprint density at radius 2 is 2.35 bits per heavy atom. The number of rotatable bonds is 5. The molecular formula is C14H19FO2. The van der Waals surface area contributed by atoms with Gasteiger partial charge in [-0.3, -0.25) is 0 Å². The number of alkyl halides is 1. The molecule has 0 aromatic heterocycles. The Hall–Kier alpha value is -1.12. The maximum Gasteiger partial charge on any atom is 0.343 e. The molecule has 2 aliphatic carbocycles. The summed E-state index contributed by atoms with van der Waals surface area (Å²) in [4.78, 5) is 11.6. The summed E-state index contributed by atoms with van der Waals surface area (Å²) in [5.74, 6) is 0.796. The number of fused-ring (bicyclic) bond motifs is 2. The van der Waals surface area contributed by atoms with E-state index in [2.05, 4.69) is 18.7 Å². The summed E-state index contributed by atoms with van der Waals surface area (Å²) >= 11 is 0. The van der Waals surface area contributed by atoms with Gasteiger partial charge in [0.1, 0.15) is 0 Å². The van der Waals surface area contributed by atoms with E-state index in [0.717, 1.165) is 6.42 Å². The van der Waals surface area contributed by atoms with E-state index in [0.29, 0.717) is 24.4 Å². The van der Waals surface area contributed by atoms with Crippen LogP contribution in [-0.2, 0) is 9.53 Å². The van der Waals surface area contributed by atoms with Gasteiger partial charge in [0, 0.05) is 6.42 Å². The number of carbonyl (C=O) groups excluding carboxylic acids is 1. The molecule has 0 saturated heterocycles. The van der Waals surface area contributed by atoms with Gasteiger partial charge < -0.3 is 4.74 Å². The van der Waals surface area contributed by atoms with Crippen molar-refractivity contribution in [2.24, 2.45) is 17.8 Å². The van der Waals surface area contributed by atoms with Crippen LogP contribution in [0, 0.1) is 17.8 Å². The fraction of sp³-hybridized carbons (Fsp3) is 0.643. The lowest BCUT2D eigenvalue weighted by atomic mass is 9.94. The lowest BCUT2D eigenvalue weighted by Gasteiger charge is -2.21. The second-order valence-electron chi connectivity index (χ2n) is 5.33. The predicted molar refractivity (Wildman–Crippen MR) is 64.1 cm³/mol. The maximum atomic E-state index is 13.8. The van der Waals surface area contributed by atoms with Crippen LogP contribution in [0.2, 0.25) is 0 Å². The van der Waals surface area contributed by atoms with Gasteiger partial charge in [-0.05, 0) is 37.5 Å². The van der Waals surface area contributed by atoms with Crippen LogP contribution in [-0.4, -0.2) is 18.2 Å². The SMILES string of the molecule is C=CCC(C)(F)C(=O)OCC1CC2C=CC1C2. The fourth-order valence-corrected chi connectivity index (χ4v) is 2.77. The van der Waals surface area contributed by atoms with E-state index in [1.807, 2.05) is 0 Å². The van der Waals surface area contributed by atoms with Gasteiger partial charge >= 0.3 is 5.97 Å². The third kappa shape index (κ3) is 2.59. The quantitative estimate of drug-likeness (QED) is 0.543. The lowest BCUT2D eigenvalue weighted by Crippen LogP contribution is -2.33. The van der Waals surface area contributed by atoms with Gasteiger partial charge in [-0.1, -0.05) is 18.2 Å². The van der Waals surface area contributed by atoms with Crippen LogP contribution in [0.25, 0.3) is 0 Å². The highest BCUT2D eigenvalue weighted by Gasteiger charge is 2.38. The summed E-state index contributed by atoms with van der Waals surface area (Å²) in [7, 11) is 0. The second-order valence-corrected chi connectivity index (χ2v) is 5.33. The van der Waals surface area contributed by atoms with E-state index in [1.54, 1.807) is 0 Å². The summed E-state index contributed by atoms with van der Waals surface area (Å²) in [6.07, 6.45) is 8.08. The van der Waals surface area contributed by atoms with E-state index in [9.17, 15) is 9.18 Å². The number of halogens is 1. The van der Waals surface area contributed by atoms with Crippen LogP contribution in [0.1, 0.15) is 26.2 Å². The van der Waals surface area contributed by atoms with Crippen molar-refractivity contribution >= 4 is 5.97 Å². The molecule has 0 aromatic rings. The number of esters is 1. The number of carbonyl (C=O) groups is 1. The summed E-state index contributed by atoms with van der Waals surface area (Å²) in [5.41, 5.74) is -1.94. The summed E-state index contributed by atoms with van der Waals surface area (Å²) in [6.45, 7) is 5.04. The van der Waals surface area contributed by atoms with Crippen LogP contribution in [0.15, 0.2) is 24.8 Å². The zero-order valence-electron chi connectivity index (χ0n) is 10.2. The van der Waals surface area contributed by atoms with Crippen molar-refractivity contribution in [1.29, 1.82) is 0 Å².